The van der Waals surface area contributed by atoms with Crippen molar-refractivity contribution in [2.24, 2.45) is 0 Å². The Labute approximate surface area is 421 Å². The van der Waals surface area contributed by atoms with Crippen LogP contribution in [-0.2, 0) is 0 Å². The second kappa shape index (κ2) is 19.0. The van der Waals surface area contributed by atoms with Gasteiger partial charge in [-0.05, 0) is 202 Å². The molecule has 0 spiro atoms. The monoisotopic (exact) mass is 1260 g/mol. The van der Waals surface area contributed by atoms with Crippen LogP contribution < -0.4 is 28.4 Å². The minimum absolute atomic E-state index is 0.0886. The third-order valence-corrected chi connectivity index (χ3v) is 12.8. The Balaban J connectivity index is 0.924. The molecule has 23 aliphatic heterocycles. The Morgan fingerprint density at radius 3 is 0.470 bits per heavy atom. The Morgan fingerprint density at radius 2 is 0.348 bits per heavy atom. The van der Waals surface area contributed by atoms with Crippen molar-refractivity contribution in [2.75, 3.05) is 0 Å². The van der Waals surface area contributed by atoms with Crippen LogP contribution >= 0.6 is 95.6 Å². The highest BCUT2D eigenvalue weighted by Crippen LogP contribution is 2.40. The Morgan fingerprint density at radius 1 is 0.212 bits per heavy atom. The highest BCUT2D eigenvalue weighted by Gasteiger charge is 2.17. The van der Waals surface area contributed by atoms with E-state index >= 15 is 0 Å². The largest absolute Gasteiger partial charge is 0.421 e. The van der Waals surface area contributed by atoms with Gasteiger partial charge >= 0.3 is 36.1 Å². The number of benzene rings is 6. The van der Waals surface area contributed by atoms with E-state index in [-0.39, 0.29) is 36.1 Å². The van der Waals surface area contributed by atoms with E-state index in [0.29, 0.717) is 61.3 Å². The number of ether oxygens (including phenoxy) is 6. The van der Waals surface area contributed by atoms with Gasteiger partial charge in [-0.2, -0.15) is 0 Å². The van der Waals surface area contributed by atoms with Crippen LogP contribution in [-0.4, -0.2) is 61.2 Å². The molecule has 0 saturated heterocycles. The zero-order chi connectivity index (χ0) is 45.3. The summed E-state index contributed by atoms with van der Waals surface area (Å²) in [5.41, 5.74) is 5.22. The van der Waals surface area contributed by atoms with Crippen LogP contribution in [0.15, 0.2) is 136 Å². The van der Waals surface area contributed by atoms with Crippen molar-refractivity contribution < 1.29 is 28.4 Å². The lowest BCUT2D eigenvalue weighted by molar-refractivity contribution is 0.379. The minimum Gasteiger partial charge on any atom is -0.421 e. The molecule has 26 heterocycles. The van der Waals surface area contributed by atoms with Crippen molar-refractivity contribution in [1.29, 1.82) is 0 Å². The first kappa shape index (κ1) is 43.7. The van der Waals surface area contributed by atoms with Crippen molar-refractivity contribution in [3.63, 3.8) is 0 Å². The van der Waals surface area contributed by atoms with E-state index < -0.39 is 0 Å². The van der Waals surface area contributed by atoms with Gasteiger partial charge in [-0.15, -0.1) is 0 Å². The van der Waals surface area contributed by atoms with Crippen LogP contribution in [0.3, 0.4) is 0 Å². The van der Waals surface area contributed by atoms with Crippen molar-refractivity contribution in [3.05, 3.63) is 136 Å². The van der Waals surface area contributed by atoms with Crippen LogP contribution in [0.1, 0.15) is 0 Å². The summed E-state index contributed by atoms with van der Waals surface area (Å²) in [5.74, 6) is 2.60. The third kappa shape index (κ3) is 9.83. The lowest BCUT2D eigenvalue weighted by Gasteiger charge is -2.11. The molecule has 9 aromatic rings. The SMILES string of the molecule is Brc1cc2ccc1Oc1nnc(nn1)Oc1ccc(cc1Br)-c1ccc(c(Br)c1)Oc1nnc(nn1)Oc1ccc(cc1Br)-c1ccc(c(Br)c1)Oc1nnc(nn1)Oc1ccc-2cc1Br. The molecule has 0 aliphatic carbocycles. The summed E-state index contributed by atoms with van der Waals surface area (Å²) in [6.07, 6.45) is 0. The minimum atomic E-state index is -0.0886. The van der Waals surface area contributed by atoms with E-state index in [2.05, 4.69) is 157 Å². The first-order chi connectivity index (χ1) is 32.1. The highest BCUT2D eigenvalue weighted by molar-refractivity contribution is 9.11. The maximum atomic E-state index is 5.88. The van der Waals surface area contributed by atoms with E-state index in [1.807, 2.05) is 72.8 Å². The van der Waals surface area contributed by atoms with E-state index in [4.69, 9.17) is 28.4 Å². The average molecular weight is 1270 g/mol. The molecule has 324 valence electrons. The van der Waals surface area contributed by atoms with Crippen LogP contribution in [0, 0.1) is 0 Å². The molecule has 6 aromatic carbocycles. The zero-order valence-electron chi connectivity index (χ0n) is 32.5. The lowest BCUT2D eigenvalue weighted by atomic mass is 10.1. The average Bonchev–Trinajstić information content (AvgIpc) is 3.32. The second-order valence-electron chi connectivity index (χ2n) is 13.4. The van der Waals surface area contributed by atoms with Gasteiger partial charge in [0.25, 0.3) is 0 Å². The van der Waals surface area contributed by atoms with E-state index in [9.17, 15) is 0 Å². The number of hydrogen-bond acceptors (Lipinski definition) is 18. The molecule has 0 atom stereocenters. The van der Waals surface area contributed by atoms with Crippen molar-refractivity contribution >= 4 is 95.6 Å². The third-order valence-electron chi connectivity index (χ3n) is 9.13. The number of rotatable bonds is 0. The summed E-state index contributed by atoms with van der Waals surface area (Å²) in [7, 11) is 0. The molecule has 24 heteroatoms. The van der Waals surface area contributed by atoms with Gasteiger partial charge in [-0.3, -0.25) is 0 Å². The van der Waals surface area contributed by atoms with Crippen molar-refractivity contribution in [1.82, 2.24) is 61.2 Å². The molecular weight excluding hydrogens is 1250 g/mol. The fraction of sp³-hybridized carbons (Fsp3) is 0. The molecule has 32 rings (SSSR count). The molecule has 0 saturated carbocycles. The van der Waals surface area contributed by atoms with Crippen molar-refractivity contribution in [3.8, 4) is 104 Å². The van der Waals surface area contributed by atoms with Crippen LogP contribution in [0.5, 0.6) is 70.6 Å². The molecular formula is C42H18Br6N12O6. The molecule has 66 heavy (non-hydrogen) atoms. The smallest absolute Gasteiger partial charge is 0.360 e. The summed E-state index contributed by atoms with van der Waals surface area (Å²) in [6.45, 7) is 0. The number of halogens is 6. The topological polar surface area (TPSA) is 210 Å². The number of aromatic nitrogens is 12. The summed E-state index contributed by atoms with van der Waals surface area (Å²) >= 11 is 21.5. The highest BCUT2D eigenvalue weighted by atomic mass is 79.9. The maximum Gasteiger partial charge on any atom is 0.360 e. The molecule has 18 bridgehead atoms. The van der Waals surface area contributed by atoms with Gasteiger partial charge in [0.2, 0.25) is 0 Å². The fourth-order valence-corrected chi connectivity index (χ4v) is 8.81. The van der Waals surface area contributed by atoms with E-state index in [1.165, 1.54) is 0 Å². The quantitative estimate of drug-likeness (QED) is 0.138. The van der Waals surface area contributed by atoms with Crippen LogP contribution in [0.4, 0.5) is 0 Å². The molecule has 0 fully saturated rings. The molecule has 18 nitrogen and oxygen atoms in total. The fourth-order valence-electron chi connectivity index (χ4n) is 6.05. The van der Waals surface area contributed by atoms with E-state index in [1.54, 1.807) is 36.4 Å². The summed E-state index contributed by atoms with van der Waals surface area (Å²) < 4.78 is 39.0. The summed E-state index contributed by atoms with van der Waals surface area (Å²) in [4.78, 5) is 0. The van der Waals surface area contributed by atoms with Gasteiger partial charge in [-0.25, -0.2) is 0 Å². The predicted molar refractivity (Wildman–Crippen MR) is 255 cm³/mol. The molecule has 0 radical (unpaired) electrons. The maximum absolute atomic E-state index is 5.88. The van der Waals surface area contributed by atoms with Gasteiger partial charge in [0, 0.05) is 0 Å². The Hall–Kier alpha value is -6.18. The lowest BCUT2D eigenvalue weighted by Crippen LogP contribution is -2.01. The summed E-state index contributed by atoms with van der Waals surface area (Å²) in [6, 6.07) is 32.6. The Kier molecular flexibility index (Phi) is 12.6. The Bertz CT molecular complexity index is 2740. The molecule has 0 N–H and O–H groups in total. The normalized spacial score (nSPS) is 11.9. The molecule has 23 aliphatic rings. The second-order valence-corrected chi connectivity index (χ2v) is 18.5. The number of nitrogens with zero attached hydrogens (tertiary/aromatic N) is 12. The van der Waals surface area contributed by atoms with Gasteiger partial charge in [0.1, 0.15) is 34.5 Å². The summed E-state index contributed by atoms with van der Waals surface area (Å²) in [5, 5.41) is 48.6. The number of hydrogen-bond donors (Lipinski definition) is 0. The van der Waals surface area contributed by atoms with Gasteiger partial charge in [0.05, 0.1) is 26.8 Å². The molecule has 3 aromatic heterocycles. The van der Waals surface area contributed by atoms with Crippen LogP contribution in [0.2, 0.25) is 0 Å². The van der Waals surface area contributed by atoms with Crippen molar-refractivity contribution in [2.45, 2.75) is 0 Å². The first-order valence-corrected chi connectivity index (χ1v) is 23.4. The van der Waals surface area contributed by atoms with Gasteiger partial charge in [0.15, 0.2) is 0 Å². The molecule has 0 unspecified atom stereocenters. The molecule has 0 amide bonds. The first-order valence-electron chi connectivity index (χ1n) is 18.6. The predicted octanol–water partition coefficient (Wildman–Crippen LogP) is 13.1. The van der Waals surface area contributed by atoms with E-state index in [0.717, 1.165) is 33.4 Å². The van der Waals surface area contributed by atoms with Gasteiger partial charge < -0.3 is 28.4 Å². The van der Waals surface area contributed by atoms with Crippen LogP contribution in [0.25, 0.3) is 33.4 Å². The standard InChI is InChI=1S/C42H18Br6N12O6/c43-25-13-19-1-7-31(25)61-37-49-51-38(52-50-37)63-33-9-3-21(15-27(33)45)22-5-11-35(29(47)16-22)65-41-57-59-42(60-58-41)66-36-12-6-24(18-30(36)48)23-4-10-34(28(46)17-23)64-40-55-53-39(54-56-40)62-32-8-2-20(19)14-26(32)44/h1-18H. The van der Waals surface area contributed by atoms with Gasteiger partial charge in [-0.1, -0.05) is 97.6 Å². The zero-order valence-corrected chi connectivity index (χ0v) is 42.0.